The fraction of sp³-hybridized carbons (Fsp3) is 0.611. The standard InChI is InChI=1S/C18H22ClN7O4/c1-3-4-5-9-6-26(24-23-9)10-7-29-14-12(27)17(30-13(10)14)25-8-20-11-15(25)21-18(19)22-16(11)28-2/h6,8,10,12-14,17,27H,3-5,7H2,1-2H3/t10-,12+,13?,14?,17+/m0/s1. The van der Waals surface area contributed by atoms with E-state index in [9.17, 15) is 5.11 Å². The number of hydrogen-bond donors (Lipinski definition) is 1. The highest BCUT2D eigenvalue weighted by atomic mass is 35.5. The molecule has 0 amide bonds. The van der Waals surface area contributed by atoms with Gasteiger partial charge in [-0.3, -0.25) is 4.57 Å². The number of hydrogen-bond acceptors (Lipinski definition) is 9. The van der Waals surface area contributed by atoms with E-state index in [1.54, 1.807) is 9.25 Å². The van der Waals surface area contributed by atoms with Crippen molar-refractivity contribution in [3.05, 3.63) is 23.5 Å². The van der Waals surface area contributed by atoms with Crippen LogP contribution < -0.4 is 4.74 Å². The van der Waals surface area contributed by atoms with Gasteiger partial charge in [0.1, 0.15) is 24.4 Å². The summed E-state index contributed by atoms with van der Waals surface area (Å²) in [5.74, 6) is 0.257. The Morgan fingerprint density at radius 3 is 3.00 bits per heavy atom. The van der Waals surface area contributed by atoms with E-state index in [2.05, 4.69) is 32.2 Å². The predicted molar refractivity (Wildman–Crippen MR) is 104 cm³/mol. The van der Waals surface area contributed by atoms with Crippen LogP contribution in [0.3, 0.4) is 0 Å². The third-order valence-corrected chi connectivity index (χ3v) is 5.77. The first kappa shape index (κ1) is 19.6. The summed E-state index contributed by atoms with van der Waals surface area (Å²) in [5.41, 5.74) is 1.79. The molecule has 5 rings (SSSR count). The zero-order valence-electron chi connectivity index (χ0n) is 16.6. The van der Waals surface area contributed by atoms with Gasteiger partial charge in [-0.05, 0) is 24.4 Å². The first-order valence-corrected chi connectivity index (χ1v) is 10.3. The van der Waals surface area contributed by atoms with Crippen LogP contribution in [0.5, 0.6) is 5.88 Å². The first-order chi connectivity index (χ1) is 14.6. The second kappa shape index (κ2) is 7.73. The quantitative estimate of drug-likeness (QED) is 0.571. The van der Waals surface area contributed by atoms with E-state index in [0.717, 1.165) is 25.0 Å². The lowest BCUT2D eigenvalue weighted by atomic mass is 10.1. The van der Waals surface area contributed by atoms with Crippen molar-refractivity contribution in [1.29, 1.82) is 0 Å². The molecule has 0 radical (unpaired) electrons. The summed E-state index contributed by atoms with van der Waals surface area (Å²) in [6.45, 7) is 2.53. The summed E-state index contributed by atoms with van der Waals surface area (Å²) in [4.78, 5) is 12.6. The van der Waals surface area contributed by atoms with Crippen molar-refractivity contribution in [2.24, 2.45) is 0 Å². The summed E-state index contributed by atoms with van der Waals surface area (Å²) in [6.07, 6.45) is 3.95. The zero-order valence-corrected chi connectivity index (χ0v) is 17.3. The molecule has 12 heteroatoms. The van der Waals surface area contributed by atoms with Crippen molar-refractivity contribution in [2.75, 3.05) is 13.7 Å². The molecule has 1 N–H and O–H groups in total. The van der Waals surface area contributed by atoms with Crippen LogP contribution in [0.25, 0.3) is 11.2 Å². The highest BCUT2D eigenvalue weighted by Gasteiger charge is 2.54. The highest BCUT2D eigenvalue weighted by Crippen LogP contribution is 2.42. The van der Waals surface area contributed by atoms with Crippen molar-refractivity contribution in [3.63, 3.8) is 0 Å². The number of aromatic nitrogens is 7. The van der Waals surface area contributed by atoms with Gasteiger partial charge in [0.25, 0.3) is 0 Å². The number of nitrogens with zero attached hydrogens (tertiary/aromatic N) is 7. The molecule has 0 aromatic carbocycles. The van der Waals surface area contributed by atoms with Crippen LogP contribution in [0.1, 0.15) is 37.7 Å². The number of unbranched alkanes of at least 4 members (excludes halogenated alkanes) is 1. The molecule has 0 aliphatic carbocycles. The average molecular weight is 436 g/mol. The SMILES string of the molecule is CCCCc1cn([C@H]2COC3C2O[C@@H](n2cnc4c(OC)nc(Cl)nc42)[C@@H]3O)nn1. The number of rotatable bonds is 6. The van der Waals surface area contributed by atoms with Crippen LogP contribution in [0.15, 0.2) is 12.5 Å². The maximum Gasteiger partial charge on any atom is 0.246 e. The van der Waals surface area contributed by atoms with Gasteiger partial charge in [0.15, 0.2) is 17.4 Å². The van der Waals surface area contributed by atoms with Crippen molar-refractivity contribution in [3.8, 4) is 5.88 Å². The molecule has 2 saturated heterocycles. The van der Waals surface area contributed by atoms with Crippen LogP contribution in [0.2, 0.25) is 5.28 Å². The van der Waals surface area contributed by atoms with E-state index >= 15 is 0 Å². The first-order valence-electron chi connectivity index (χ1n) is 9.90. The number of aliphatic hydroxyl groups is 1. The molecular formula is C18H22ClN7O4. The van der Waals surface area contributed by atoms with Gasteiger partial charge in [-0.2, -0.15) is 9.97 Å². The van der Waals surface area contributed by atoms with Gasteiger partial charge >= 0.3 is 0 Å². The summed E-state index contributed by atoms with van der Waals surface area (Å²) in [6, 6.07) is -0.180. The Labute approximate surface area is 176 Å². The summed E-state index contributed by atoms with van der Waals surface area (Å²) < 4.78 is 20.7. The fourth-order valence-corrected chi connectivity index (χ4v) is 4.24. The van der Waals surface area contributed by atoms with Crippen LogP contribution in [0.4, 0.5) is 0 Å². The molecule has 2 unspecified atom stereocenters. The minimum atomic E-state index is -0.916. The minimum absolute atomic E-state index is 0.0186. The van der Waals surface area contributed by atoms with E-state index in [1.807, 2.05) is 6.20 Å². The molecule has 160 valence electrons. The van der Waals surface area contributed by atoms with E-state index in [4.69, 9.17) is 25.8 Å². The van der Waals surface area contributed by atoms with Gasteiger partial charge in [-0.25, -0.2) is 9.67 Å². The molecule has 3 aromatic heterocycles. The Morgan fingerprint density at radius 2 is 2.20 bits per heavy atom. The molecule has 0 saturated carbocycles. The maximum atomic E-state index is 10.9. The number of methoxy groups -OCH3 is 1. The van der Waals surface area contributed by atoms with Crippen molar-refractivity contribution < 1.29 is 19.3 Å². The number of aliphatic hydroxyl groups excluding tert-OH is 1. The van der Waals surface area contributed by atoms with Crippen LogP contribution in [-0.2, 0) is 15.9 Å². The van der Waals surface area contributed by atoms with Crippen LogP contribution in [0, 0.1) is 0 Å². The Hall–Kier alpha value is -2.34. The van der Waals surface area contributed by atoms with Gasteiger partial charge in [0, 0.05) is 6.20 Å². The third-order valence-electron chi connectivity index (χ3n) is 5.60. The zero-order chi connectivity index (χ0) is 20.8. The van der Waals surface area contributed by atoms with Gasteiger partial charge in [0.05, 0.1) is 25.7 Å². The second-order valence-corrected chi connectivity index (χ2v) is 7.80. The highest BCUT2D eigenvalue weighted by molar-refractivity contribution is 6.28. The van der Waals surface area contributed by atoms with Crippen molar-refractivity contribution >= 4 is 22.8 Å². The van der Waals surface area contributed by atoms with Gasteiger partial charge in [0.2, 0.25) is 11.2 Å². The Bertz CT molecular complexity index is 1060. The predicted octanol–water partition coefficient (Wildman–Crippen LogP) is 1.32. The third kappa shape index (κ3) is 3.13. The molecule has 3 aromatic rings. The molecule has 0 spiro atoms. The number of ether oxygens (including phenoxy) is 3. The smallest absolute Gasteiger partial charge is 0.246 e. The van der Waals surface area contributed by atoms with Crippen molar-refractivity contribution in [2.45, 2.75) is 56.8 Å². The van der Waals surface area contributed by atoms with Gasteiger partial charge in [-0.15, -0.1) is 5.10 Å². The normalized spacial score (nSPS) is 28.3. The lowest BCUT2D eigenvalue weighted by molar-refractivity contribution is -0.0589. The topological polar surface area (TPSA) is 122 Å². The number of fused-ring (bicyclic) bond motifs is 2. The Balaban J connectivity index is 1.42. The molecule has 11 nitrogen and oxygen atoms in total. The second-order valence-electron chi connectivity index (χ2n) is 7.47. The van der Waals surface area contributed by atoms with Crippen molar-refractivity contribution in [1.82, 2.24) is 34.5 Å². The van der Waals surface area contributed by atoms with E-state index < -0.39 is 18.4 Å². The van der Waals surface area contributed by atoms with Crippen LogP contribution in [-0.4, -0.2) is 71.6 Å². The molecule has 2 aliphatic rings. The summed E-state index contributed by atoms with van der Waals surface area (Å²) in [5, 5.41) is 19.4. The lowest BCUT2D eigenvalue weighted by Crippen LogP contribution is -2.31. The monoisotopic (exact) mass is 435 g/mol. The minimum Gasteiger partial charge on any atom is -0.479 e. The maximum absolute atomic E-state index is 10.9. The number of imidazole rings is 1. The molecule has 5 atom stereocenters. The van der Waals surface area contributed by atoms with Gasteiger partial charge < -0.3 is 19.3 Å². The number of halogens is 1. The van der Waals surface area contributed by atoms with Gasteiger partial charge in [-0.1, -0.05) is 18.6 Å². The molecule has 2 aliphatic heterocycles. The van der Waals surface area contributed by atoms with E-state index in [1.165, 1.54) is 13.4 Å². The fourth-order valence-electron chi connectivity index (χ4n) is 4.08. The molecule has 5 heterocycles. The van der Waals surface area contributed by atoms with Crippen LogP contribution >= 0.6 is 11.6 Å². The number of aryl methyl sites for hydroxylation is 1. The van der Waals surface area contributed by atoms with E-state index in [0.29, 0.717) is 17.8 Å². The molecule has 0 bridgehead atoms. The molecule has 30 heavy (non-hydrogen) atoms. The molecule has 2 fully saturated rings. The summed E-state index contributed by atoms with van der Waals surface area (Å²) >= 11 is 6.02. The Kier molecular flexibility index (Phi) is 5.05. The Morgan fingerprint density at radius 1 is 1.33 bits per heavy atom. The lowest BCUT2D eigenvalue weighted by Gasteiger charge is -2.20. The average Bonchev–Trinajstić information content (AvgIpc) is 3.50. The molecular weight excluding hydrogens is 414 g/mol. The van der Waals surface area contributed by atoms with E-state index in [-0.39, 0.29) is 23.3 Å². The largest absolute Gasteiger partial charge is 0.479 e. The summed E-state index contributed by atoms with van der Waals surface area (Å²) in [7, 11) is 1.48.